The van der Waals surface area contributed by atoms with E-state index in [-0.39, 0.29) is 25.3 Å². The minimum Gasteiger partial charge on any atom is -0.454 e. The van der Waals surface area contributed by atoms with Crippen LogP contribution in [0.4, 0.5) is 0 Å². The second-order valence-electron chi connectivity index (χ2n) is 7.13. The maximum atomic E-state index is 13.0. The van der Waals surface area contributed by atoms with E-state index in [1.54, 1.807) is 6.08 Å². The van der Waals surface area contributed by atoms with E-state index in [9.17, 15) is 14.9 Å². The number of rotatable bonds is 6. The molecule has 2 aliphatic heterocycles. The zero-order valence-electron chi connectivity index (χ0n) is 15.6. The summed E-state index contributed by atoms with van der Waals surface area (Å²) in [5, 5.41) is 9.88. The summed E-state index contributed by atoms with van der Waals surface area (Å²) in [4.78, 5) is 27.4. The Hall–Kier alpha value is -2.85. The molecule has 1 aromatic carbocycles. The molecule has 1 saturated heterocycles. The monoisotopic (exact) mass is 369 g/mol. The van der Waals surface area contributed by atoms with Gasteiger partial charge in [0.1, 0.15) is 6.29 Å². The Bertz CT molecular complexity index is 793. The quantitative estimate of drug-likeness (QED) is 0.563. The molecule has 0 saturated carbocycles. The average Bonchev–Trinajstić information content (AvgIpc) is 3.23. The molecular formula is C20H23N3O4. The van der Waals surface area contributed by atoms with E-state index in [0.717, 1.165) is 5.56 Å². The third-order valence-corrected chi connectivity index (χ3v) is 5.33. The van der Waals surface area contributed by atoms with E-state index in [0.29, 0.717) is 30.8 Å². The summed E-state index contributed by atoms with van der Waals surface area (Å²) >= 11 is 0. The Balaban J connectivity index is 1.93. The molecule has 2 aliphatic rings. The fourth-order valence-corrected chi connectivity index (χ4v) is 4.05. The van der Waals surface area contributed by atoms with Crippen molar-refractivity contribution in [3.63, 3.8) is 0 Å². The van der Waals surface area contributed by atoms with E-state index >= 15 is 0 Å². The molecular weight excluding hydrogens is 346 g/mol. The van der Waals surface area contributed by atoms with Crippen molar-refractivity contribution in [3.8, 4) is 17.6 Å². The van der Waals surface area contributed by atoms with E-state index in [1.807, 2.05) is 37.1 Å². The number of carbonyl (C=O) groups excluding carboxylic acids is 2. The second-order valence-corrected chi connectivity index (χ2v) is 7.13. The zero-order chi connectivity index (χ0) is 19.6. The molecule has 1 fully saturated rings. The number of carbonyl (C=O) groups is 2. The number of amides is 1. The van der Waals surface area contributed by atoms with Crippen molar-refractivity contribution in [1.29, 1.82) is 5.26 Å². The predicted octanol–water partition coefficient (Wildman–Crippen LogP) is 1.90. The largest absolute Gasteiger partial charge is 0.454 e. The lowest BCUT2D eigenvalue weighted by molar-refractivity contribution is -0.137. The average molecular weight is 369 g/mol. The first-order chi connectivity index (χ1) is 12.9. The number of hydrogen-bond acceptors (Lipinski definition) is 6. The highest BCUT2D eigenvalue weighted by atomic mass is 16.7. The molecule has 27 heavy (non-hydrogen) atoms. The van der Waals surface area contributed by atoms with Crippen LogP contribution in [0.1, 0.15) is 24.9 Å². The van der Waals surface area contributed by atoms with Gasteiger partial charge in [-0.2, -0.15) is 5.26 Å². The summed E-state index contributed by atoms with van der Waals surface area (Å²) in [7, 11) is 1.84. The number of fused-ring (bicyclic) bond motifs is 1. The van der Waals surface area contributed by atoms with Crippen molar-refractivity contribution in [1.82, 2.24) is 9.80 Å². The lowest BCUT2D eigenvalue weighted by atomic mass is 9.79. The van der Waals surface area contributed by atoms with Crippen molar-refractivity contribution >= 4 is 12.2 Å². The van der Waals surface area contributed by atoms with Crippen LogP contribution in [-0.4, -0.2) is 55.0 Å². The van der Waals surface area contributed by atoms with Crippen LogP contribution >= 0.6 is 0 Å². The SMILES string of the molecule is C=CCN(CC=O)C(=O)C1C[C@](C)(C#N)C(c2ccc3c(c2)OCO3)N1C. The third-order valence-electron chi connectivity index (χ3n) is 5.33. The second kappa shape index (κ2) is 7.41. The van der Waals surface area contributed by atoms with E-state index < -0.39 is 11.5 Å². The molecule has 3 rings (SSSR count). The smallest absolute Gasteiger partial charge is 0.240 e. The van der Waals surface area contributed by atoms with Crippen molar-refractivity contribution in [2.24, 2.45) is 5.41 Å². The lowest BCUT2D eigenvalue weighted by Gasteiger charge is -2.31. The highest BCUT2D eigenvalue weighted by Gasteiger charge is 2.52. The van der Waals surface area contributed by atoms with Crippen LogP contribution in [0.25, 0.3) is 0 Å². The molecule has 1 aromatic rings. The summed E-state index contributed by atoms with van der Waals surface area (Å²) in [5.41, 5.74) is 0.135. The Kier molecular flexibility index (Phi) is 5.19. The molecule has 142 valence electrons. The number of aldehydes is 1. The Morgan fingerprint density at radius 3 is 2.85 bits per heavy atom. The van der Waals surface area contributed by atoms with Gasteiger partial charge in [0.25, 0.3) is 0 Å². The molecule has 1 amide bonds. The van der Waals surface area contributed by atoms with Gasteiger partial charge >= 0.3 is 0 Å². The summed E-state index contributed by atoms with van der Waals surface area (Å²) in [5.74, 6) is 1.15. The van der Waals surface area contributed by atoms with Crippen molar-refractivity contribution in [3.05, 3.63) is 36.4 Å². The number of likely N-dealkylation sites (N-methyl/N-ethyl adjacent to an activating group) is 1. The first-order valence-corrected chi connectivity index (χ1v) is 8.81. The van der Waals surface area contributed by atoms with Crippen molar-refractivity contribution < 1.29 is 19.1 Å². The maximum Gasteiger partial charge on any atom is 0.240 e. The van der Waals surface area contributed by atoms with Crippen LogP contribution in [0.5, 0.6) is 11.5 Å². The summed E-state index contributed by atoms with van der Waals surface area (Å²) in [6.45, 7) is 5.99. The number of ether oxygens (including phenoxy) is 2. The summed E-state index contributed by atoms with van der Waals surface area (Å²) in [6.07, 6.45) is 2.68. The first-order valence-electron chi connectivity index (χ1n) is 8.81. The van der Waals surface area contributed by atoms with Gasteiger partial charge in [-0.05, 0) is 38.1 Å². The van der Waals surface area contributed by atoms with Gasteiger partial charge in [-0.3, -0.25) is 9.69 Å². The fourth-order valence-electron chi connectivity index (χ4n) is 4.05. The van der Waals surface area contributed by atoms with E-state index in [2.05, 4.69) is 12.6 Å². The minimum absolute atomic E-state index is 0.00710. The highest BCUT2D eigenvalue weighted by Crippen LogP contribution is 2.50. The highest BCUT2D eigenvalue weighted by molar-refractivity contribution is 5.84. The topological polar surface area (TPSA) is 82.9 Å². The molecule has 7 nitrogen and oxygen atoms in total. The van der Waals surface area contributed by atoms with Gasteiger partial charge in [-0.25, -0.2) is 0 Å². The Morgan fingerprint density at radius 2 is 2.19 bits per heavy atom. The summed E-state index contributed by atoms with van der Waals surface area (Å²) < 4.78 is 10.8. The Morgan fingerprint density at radius 1 is 1.44 bits per heavy atom. The molecule has 0 aromatic heterocycles. The van der Waals surface area contributed by atoms with Crippen LogP contribution in [0.2, 0.25) is 0 Å². The molecule has 2 heterocycles. The maximum absolute atomic E-state index is 13.0. The molecule has 7 heteroatoms. The van der Waals surface area contributed by atoms with Crippen LogP contribution in [-0.2, 0) is 9.59 Å². The molecule has 0 N–H and O–H groups in total. The molecule has 0 radical (unpaired) electrons. The zero-order valence-corrected chi connectivity index (χ0v) is 15.6. The van der Waals surface area contributed by atoms with Gasteiger partial charge in [0.05, 0.1) is 30.1 Å². The van der Waals surface area contributed by atoms with Gasteiger partial charge in [-0.1, -0.05) is 12.1 Å². The van der Waals surface area contributed by atoms with Crippen LogP contribution in [0.3, 0.4) is 0 Å². The summed E-state index contributed by atoms with van der Waals surface area (Å²) in [6, 6.07) is 7.23. The van der Waals surface area contributed by atoms with E-state index in [1.165, 1.54) is 4.90 Å². The molecule has 0 aliphatic carbocycles. The molecule has 2 unspecified atom stereocenters. The number of nitriles is 1. The van der Waals surface area contributed by atoms with Gasteiger partial charge in [0, 0.05) is 6.54 Å². The van der Waals surface area contributed by atoms with Crippen LogP contribution in [0.15, 0.2) is 30.9 Å². The number of hydrogen-bond donors (Lipinski definition) is 0. The molecule has 0 bridgehead atoms. The van der Waals surface area contributed by atoms with Gasteiger partial charge in [0.2, 0.25) is 12.7 Å². The van der Waals surface area contributed by atoms with Crippen molar-refractivity contribution in [2.75, 3.05) is 26.9 Å². The van der Waals surface area contributed by atoms with Crippen molar-refractivity contribution in [2.45, 2.75) is 25.4 Å². The normalized spacial score (nSPS) is 26.4. The third kappa shape index (κ3) is 3.28. The standard InChI is InChI=1S/C20H23N3O4/c1-4-7-23(8-9-24)19(25)15-11-20(2,12-21)18(22(15)3)14-5-6-16-17(10-14)27-13-26-16/h4-6,9-10,15,18H,1,7-8,11,13H2,2-3H3/t15?,18?,20-/m1/s1. The van der Waals surface area contributed by atoms with Crippen LogP contribution < -0.4 is 9.47 Å². The lowest BCUT2D eigenvalue weighted by Crippen LogP contribution is -2.45. The first kappa shape index (κ1) is 18.9. The molecule has 0 spiro atoms. The Labute approximate surface area is 158 Å². The number of nitrogens with zero attached hydrogens (tertiary/aromatic N) is 3. The van der Waals surface area contributed by atoms with Gasteiger partial charge in [-0.15, -0.1) is 6.58 Å². The van der Waals surface area contributed by atoms with Crippen LogP contribution in [0, 0.1) is 16.7 Å². The number of likely N-dealkylation sites (tertiary alicyclic amines) is 1. The number of benzene rings is 1. The minimum atomic E-state index is -0.760. The van der Waals surface area contributed by atoms with Gasteiger partial charge in [0.15, 0.2) is 11.5 Å². The van der Waals surface area contributed by atoms with E-state index in [4.69, 9.17) is 9.47 Å². The fraction of sp³-hybridized carbons (Fsp3) is 0.450. The molecule has 3 atom stereocenters. The predicted molar refractivity (Wildman–Crippen MR) is 98.0 cm³/mol. The van der Waals surface area contributed by atoms with Gasteiger partial charge < -0.3 is 19.2 Å².